The zero-order valence-electron chi connectivity index (χ0n) is 12.9. The van der Waals surface area contributed by atoms with Crippen LogP contribution in [0, 0.1) is 0 Å². The number of methoxy groups -OCH3 is 2. The lowest BCUT2D eigenvalue weighted by molar-refractivity contribution is 0.0990. The molecule has 1 aliphatic carbocycles. The Morgan fingerprint density at radius 2 is 2.09 bits per heavy atom. The summed E-state index contributed by atoms with van der Waals surface area (Å²) in [5, 5.41) is 9.39. The first kappa shape index (κ1) is 16.6. The number of aliphatic hydroxyl groups is 1. The highest BCUT2D eigenvalue weighted by molar-refractivity contribution is 6.13. The van der Waals surface area contributed by atoms with E-state index in [1.165, 1.54) is 7.11 Å². The molecule has 6 heteroatoms. The van der Waals surface area contributed by atoms with Gasteiger partial charge in [-0.05, 0) is 37.1 Å². The second kappa shape index (κ2) is 6.18. The molecule has 0 amide bonds. The first-order valence-corrected chi connectivity index (χ1v) is 6.98. The van der Waals surface area contributed by atoms with Crippen LogP contribution < -0.4 is 9.47 Å². The second-order valence-electron chi connectivity index (χ2n) is 5.49. The van der Waals surface area contributed by atoms with Gasteiger partial charge in [-0.2, -0.15) is 0 Å². The Kier molecular flexibility index (Phi) is 4.68. The van der Waals surface area contributed by atoms with Crippen molar-refractivity contribution in [2.75, 3.05) is 27.8 Å². The van der Waals surface area contributed by atoms with E-state index in [-0.39, 0.29) is 24.2 Å². The fraction of sp³-hybridized carbons (Fsp3) is 0.438. The zero-order chi connectivity index (χ0) is 15.1. The minimum absolute atomic E-state index is 0. The highest BCUT2D eigenvalue weighted by atomic mass is 35.5. The first-order valence-electron chi connectivity index (χ1n) is 6.98. The molecule has 2 aliphatic rings. The third-order valence-corrected chi connectivity index (χ3v) is 4.48. The van der Waals surface area contributed by atoms with Crippen LogP contribution in [-0.2, 0) is 6.42 Å². The summed E-state index contributed by atoms with van der Waals surface area (Å²) in [6, 6.07) is 2.07. The van der Waals surface area contributed by atoms with Gasteiger partial charge in [-0.1, -0.05) is 0 Å². The molecule has 120 valence electrons. The molecular formula is C16H20ClNO4. The van der Waals surface area contributed by atoms with Crippen LogP contribution in [0.2, 0.25) is 0 Å². The van der Waals surface area contributed by atoms with E-state index < -0.39 is 0 Å². The van der Waals surface area contributed by atoms with Crippen LogP contribution in [-0.4, -0.2) is 43.6 Å². The topological polar surface area (TPSA) is 59.0 Å². The van der Waals surface area contributed by atoms with Crippen LogP contribution in [0.25, 0.3) is 0 Å². The Bertz CT molecular complexity index is 642. The number of ether oxygens (including phenoxy) is 2. The predicted octanol–water partition coefficient (Wildman–Crippen LogP) is 2.68. The normalized spacial score (nSPS) is 22.0. The minimum Gasteiger partial charge on any atom is -0.515 e. The molecule has 22 heavy (non-hydrogen) atoms. The largest absolute Gasteiger partial charge is 0.515 e. The second-order valence-corrected chi connectivity index (χ2v) is 5.49. The quantitative estimate of drug-likeness (QED) is 0.669. The number of carbonyl (C=O) groups excluding carboxylic acids is 1. The molecule has 1 atom stereocenters. The van der Waals surface area contributed by atoms with E-state index in [4.69, 9.17) is 9.47 Å². The molecule has 1 aromatic rings. The zero-order valence-corrected chi connectivity index (χ0v) is 13.7. The SMILES string of the molecule is COc1cc2c3c(c1OC)C(=O)/C(=C/O)CC3N(C)CC2.Cl. The summed E-state index contributed by atoms with van der Waals surface area (Å²) in [5.74, 6) is 0.860. The Morgan fingerprint density at radius 1 is 1.36 bits per heavy atom. The van der Waals surface area contributed by atoms with Gasteiger partial charge in [0, 0.05) is 18.2 Å². The smallest absolute Gasteiger partial charge is 0.196 e. The van der Waals surface area contributed by atoms with Crippen LogP contribution in [0.1, 0.15) is 33.9 Å². The molecule has 0 aromatic heterocycles. The number of Topliss-reactive ketones (excluding diaryl/α,β-unsaturated/α-hetero) is 1. The summed E-state index contributed by atoms with van der Waals surface area (Å²) in [4.78, 5) is 14.9. The fourth-order valence-corrected chi connectivity index (χ4v) is 3.38. The molecule has 0 radical (unpaired) electrons. The van der Waals surface area contributed by atoms with E-state index in [2.05, 4.69) is 4.90 Å². The van der Waals surface area contributed by atoms with Gasteiger partial charge in [0.15, 0.2) is 17.3 Å². The summed E-state index contributed by atoms with van der Waals surface area (Å²) in [5.41, 5.74) is 3.11. The van der Waals surface area contributed by atoms with E-state index in [0.717, 1.165) is 30.4 Å². The fourth-order valence-electron chi connectivity index (χ4n) is 3.38. The summed E-state index contributed by atoms with van der Waals surface area (Å²) < 4.78 is 10.8. The highest BCUT2D eigenvalue weighted by Gasteiger charge is 2.39. The number of aliphatic hydroxyl groups excluding tert-OH is 1. The van der Waals surface area contributed by atoms with Crippen molar-refractivity contribution in [3.05, 3.63) is 34.6 Å². The maximum absolute atomic E-state index is 12.7. The molecule has 1 unspecified atom stereocenters. The molecule has 1 heterocycles. The van der Waals surface area contributed by atoms with E-state index in [1.807, 2.05) is 13.1 Å². The minimum atomic E-state index is -0.170. The molecule has 0 spiro atoms. The summed E-state index contributed by atoms with van der Waals surface area (Å²) in [6.45, 7) is 0.916. The lowest BCUT2D eigenvalue weighted by atomic mass is 9.77. The molecule has 0 saturated carbocycles. The van der Waals surface area contributed by atoms with Crippen molar-refractivity contribution in [1.29, 1.82) is 0 Å². The number of ketones is 1. The number of hydrogen-bond acceptors (Lipinski definition) is 5. The maximum Gasteiger partial charge on any atom is 0.196 e. The van der Waals surface area contributed by atoms with Gasteiger partial charge < -0.3 is 14.6 Å². The van der Waals surface area contributed by atoms with Crippen molar-refractivity contribution in [1.82, 2.24) is 4.90 Å². The van der Waals surface area contributed by atoms with Crippen molar-refractivity contribution in [3.8, 4) is 11.5 Å². The number of likely N-dealkylation sites (N-methyl/N-ethyl adjacent to an activating group) is 1. The van der Waals surface area contributed by atoms with E-state index in [9.17, 15) is 9.90 Å². The maximum atomic E-state index is 12.7. The third kappa shape index (κ3) is 2.25. The number of nitrogens with zero attached hydrogens (tertiary/aromatic N) is 1. The Labute approximate surface area is 135 Å². The molecule has 1 aromatic carbocycles. The molecular weight excluding hydrogens is 306 g/mol. The molecule has 3 rings (SSSR count). The Hall–Kier alpha value is -1.72. The first-order chi connectivity index (χ1) is 10.1. The van der Waals surface area contributed by atoms with Crippen LogP contribution in [0.5, 0.6) is 11.5 Å². The number of hydrogen-bond donors (Lipinski definition) is 1. The average Bonchev–Trinajstić information content (AvgIpc) is 2.51. The summed E-state index contributed by atoms with van der Waals surface area (Å²) in [7, 11) is 5.14. The van der Waals surface area contributed by atoms with Gasteiger partial charge in [0.1, 0.15) is 0 Å². The van der Waals surface area contributed by atoms with Gasteiger partial charge in [-0.3, -0.25) is 9.69 Å². The predicted molar refractivity (Wildman–Crippen MR) is 85.5 cm³/mol. The lowest BCUT2D eigenvalue weighted by Gasteiger charge is -2.39. The molecule has 1 aliphatic heterocycles. The molecule has 5 nitrogen and oxygen atoms in total. The standard InChI is InChI=1S/C16H19NO4.ClH/c1-17-5-4-9-7-12(20-2)16(21-3)14-13(9)11(17)6-10(8-18)15(14)19;/h7-8,11,18H,4-6H2,1-3H3;1H/b10-8+;. The van der Waals surface area contributed by atoms with Crippen molar-refractivity contribution in [3.63, 3.8) is 0 Å². The number of rotatable bonds is 2. The van der Waals surface area contributed by atoms with Crippen LogP contribution in [0.4, 0.5) is 0 Å². The van der Waals surface area contributed by atoms with Gasteiger partial charge >= 0.3 is 0 Å². The van der Waals surface area contributed by atoms with Gasteiger partial charge in [-0.25, -0.2) is 0 Å². The van der Waals surface area contributed by atoms with E-state index in [0.29, 0.717) is 29.1 Å². The number of benzene rings is 1. The lowest BCUT2D eigenvalue weighted by Crippen LogP contribution is -2.37. The van der Waals surface area contributed by atoms with Gasteiger partial charge in [0.05, 0.1) is 26.0 Å². The average molecular weight is 326 g/mol. The van der Waals surface area contributed by atoms with Gasteiger partial charge in [0.25, 0.3) is 0 Å². The van der Waals surface area contributed by atoms with Crippen molar-refractivity contribution < 1.29 is 19.4 Å². The molecule has 0 bridgehead atoms. The third-order valence-electron chi connectivity index (χ3n) is 4.48. The molecule has 1 N–H and O–H groups in total. The van der Waals surface area contributed by atoms with Crippen LogP contribution in [0.3, 0.4) is 0 Å². The molecule has 0 saturated heterocycles. The van der Waals surface area contributed by atoms with E-state index >= 15 is 0 Å². The Balaban J connectivity index is 0.00000176. The van der Waals surface area contributed by atoms with E-state index in [1.54, 1.807) is 7.11 Å². The summed E-state index contributed by atoms with van der Waals surface area (Å²) in [6.07, 6.45) is 2.33. The number of carbonyl (C=O) groups is 1. The Morgan fingerprint density at radius 3 is 2.68 bits per heavy atom. The van der Waals surface area contributed by atoms with Gasteiger partial charge in [-0.15, -0.1) is 12.4 Å². The molecule has 0 fully saturated rings. The van der Waals surface area contributed by atoms with Crippen molar-refractivity contribution in [2.24, 2.45) is 0 Å². The highest BCUT2D eigenvalue weighted by Crippen LogP contribution is 2.48. The van der Waals surface area contributed by atoms with Crippen molar-refractivity contribution in [2.45, 2.75) is 18.9 Å². The van der Waals surface area contributed by atoms with Gasteiger partial charge in [0.2, 0.25) is 0 Å². The van der Waals surface area contributed by atoms with Crippen LogP contribution >= 0.6 is 12.4 Å². The van der Waals surface area contributed by atoms with Crippen molar-refractivity contribution >= 4 is 18.2 Å². The summed E-state index contributed by atoms with van der Waals surface area (Å²) >= 11 is 0. The monoisotopic (exact) mass is 325 g/mol. The van der Waals surface area contributed by atoms with Crippen LogP contribution in [0.15, 0.2) is 17.9 Å². The number of halogens is 1.